The lowest BCUT2D eigenvalue weighted by Gasteiger charge is -2.09. The summed E-state index contributed by atoms with van der Waals surface area (Å²) in [6, 6.07) is 10.7. The zero-order valence-electron chi connectivity index (χ0n) is 11.5. The molecule has 0 aliphatic rings. The number of ether oxygens (including phenoxy) is 1. The summed E-state index contributed by atoms with van der Waals surface area (Å²) in [5.74, 6) is -0.734. The van der Waals surface area contributed by atoms with Crippen LogP contribution in [-0.4, -0.2) is 10.9 Å². The highest BCUT2D eigenvalue weighted by Crippen LogP contribution is 2.18. The van der Waals surface area contributed by atoms with E-state index in [1.807, 2.05) is 12.1 Å². The fraction of sp³-hybridized carbons (Fsp3) is 0.188. The average molecular weight is 291 g/mol. The van der Waals surface area contributed by atoms with Gasteiger partial charge in [0, 0.05) is 6.42 Å². The van der Waals surface area contributed by atoms with Crippen molar-refractivity contribution in [3.05, 3.63) is 65.2 Å². The molecule has 0 unspecified atom stereocenters. The smallest absolute Gasteiger partial charge is 0.132 e. The van der Waals surface area contributed by atoms with Crippen LogP contribution >= 0.6 is 0 Å². The van der Waals surface area contributed by atoms with Gasteiger partial charge in [0.25, 0.3) is 0 Å². The van der Waals surface area contributed by atoms with Gasteiger partial charge >= 0.3 is 0 Å². The molecule has 0 aromatic heterocycles. The number of rotatable bonds is 5. The molecule has 0 fully saturated rings. The topological polar surface area (TPSA) is 41.8 Å². The molecule has 5 heteroatoms. The normalized spacial score (nSPS) is 11.5. The van der Waals surface area contributed by atoms with Gasteiger partial charge in [-0.15, -0.1) is 0 Å². The van der Waals surface area contributed by atoms with Crippen molar-refractivity contribution in [2.24, 2.45) is 5.16 Å². The number of benzene rings is 2. The van der Waals surface area contributed by atoms with Gasteiger partial charge in [0.1, 0.15) is 24.0 Å². The lowest BCUT2D eigenvalue weighted by Crippen LogP contribution is -2.02. The molecule has 21 heavy (non-hydrogen) atoms. The van der Waals surface area contributed by atoms with Gasteiger partial charge in [0.15, 0.2) is 0 Å². The molecule has 1 N–H and O–H groups in total. The Hall–Kier alpha value is -2.43. The summed E-state index contributed by atoms with van der Waals surface area (Å²) in [6.07, 6.45) is 0.527. The average Bonchev–Trinajstić information content (AvgIpc) is 2.48. The molecule has 0 saturated heterocycles. The first-order chi connectivity index (χ1) is 10.1. The lowest BCUT2D eigenvalue weighted by atomic mass is 10.1. The van der Waals surface area contributed by atoms with Crippen molar-refractivity contribution in [3.63, 3.8) is 0 Å². The van der Waals surface area contributed by atoms with Crippen LogP contribution in [0.4, 0.5) is 8.78 Å². The number of oxime groups is 1. The van der Waals surface area contributed by atoms with Gasteiger partial charge in [0.2, 0.25) is 0 Å². The van der Waals surface area contributed by atoms with Crippen LogP contribution in [-0.2, 0) is 13.0 Å². The van der Waals surface area contributed by atoms with Crippen molar-refractivity contribution in [2.75, 3.05) is 0 Å². The van der Waals surface area contributed by atoms with E-state index in [0.717, 1.165) is 5.56 Å². The third-order valence-corrected chi connectivity index (χ3v) is 3.00. The molecule has 0 aliphatic heterocycles. The molecule has 2 aromatic carbocycles. The monoisotopic (exact) mass is 291 g/mol. The zero-order valence-corrected chi connectivity index (χ0v) is 11.5. The van der Waals surface area contributed by atoms with E-state index in [2.05, 4.69) is 5.16 Å². The molecule has 0 saturated carbocycles. The predicted octanol–water partition coefficient (Wildman–Crippen LogP) is 3.94. The van der Waals surface area contributed by atoms with Crippen molar-refractivity contribution in [3.8, 4) is 5.75 Å². The Morgan fingerprint density at radius 2 is 1.71 bits per heavy atom. The molecule has 3 nitrogen and oxygen atoms in total. The highest BCUT2D eigenvalue weighted by molar-refractivity contribution is 5.83. The third kappa shape index (κ3) is 4.02. The van der Waals surface area contributed by atoms with E-state index in [9.17, 15) is 8.78 Å². The number of halogens is 2. The fourth-order valence-electron chi connectivity index (χ4n) is 1.86. The molecule has 0 spiro atoms. The minimum absolute atomic E-state index is 0.0927. The maximum absolute atomic E-state index is 13.4. The molecule has 110 valence electrons. The summed E-state index contributed by atoms with van der Waals surface area (Å²) in [5, 5.41) is 11.7. The second-order valence-corrected chi connectivity index (χ2v) is 4.64. The predicted molar refractivity (Wildman–Crippen MR) is 75.7 cm³/mol. The zero-order chi connectivity index (χ0) is 15.2. The first-order valence-electron chi connectivity index (χ1n) is 6.42. The minimum atomic E-state index is -0.624. The Bertz CT molecular complexity index is 619. The van der Waals surface area contributed by atoms with Crippen molar-refractivity contribution < 1.29 is 18.7 Å². The van der Waals surface area contributed by atoms with Gasteiger partial charge in [-0.25, -0.2) is 8.78 Å². The summed E-state index contributed by atoms with van der Waals surface area (Å²) in [4.78, 5) is 0. The fourth-order valence-corrected chi connectivity index (χ4v) is 1.86. The molecule has 2 rings (SSSR count). The Morgan fingerprint density at radius 3 is 2.29 bits per heavy atom. The van der Waals surface area contributed by atoms with Gasteiger partial charge in [-0.05, 0) is 36.8 Å². The van der Waals surface area contributed by atoms with Crippen LogP contribution in [0.2, 0.25) is 0 Å². The van der Waals surface area contributed by atoms with Crippen molar-refractivity contribution >= 4 is 5.71 Å². The van der Waals surface area contributed by atoms with Crippen LogP contribution in [0.15, 0.2) is 47.6 Å². The highest BCUT2D eigenvalue weighted by Gasteiger charge is 2.09. The maximum atomic E-state index is 13.4. The number of hydrogen-bond donors (Lipinski definition) is 1. The number of hydrogen-bond acceptors (Lipinski definition) is 3. The van der Waals surface area contributed by atoms with Crippen LogP contribution in [0.1, 0.15) is 18.1 Å². The van der Waals surface area contributed by atoms with E-state index in [1.54, 1.807) is 19.1 Å². The van der Waals surface area contributed by atoms with Crippen LogP contribution < -0.4 is 4.74 Å². The number of nitrogens with zero attached hydrogens (tertiary/aromatic N) is 1. The molecule has 0 bridgehead atoms. The van der Waals surface area contributed by atoms with Gasteiger partial charge < -0.3 is 9.94 Å². The van der Waals surface area contributed by atoms with Crippen molar-refractivity contribution in [2.45, 2.75) is 20.0 Å². The summed E-state index contributed by atoms with van der Waals surface area (Å²) < 4.78 is 32.3. The summed E-state index contributed by atoms with van der Waals surface area (Å²) in [5.41, 5.74) is 1.46. The van der Waals surface area contributed by atoms with E-state index in [-0.39, 0.29) is 12.2 Å². The van der Waals surface area contributed by atoms with E-state index < -0.39 is 11.6 Å². The lowest BCUT2D eigenvalue weighted by molar-refractivity contribution is 0.292. The quantitative estimate of drug-likeness (QED) is 0.515. The Balaban J connectivity index is 2.01. The van der Waals surface area contributed by atoms with Crippen molar-refractivity contribution in [1.82, 2.24) is 0 Å². The van der Waals surface area contributed by atoms with Gasteiger partial charge in [-0.1, -0.05) is 23.4 Å². The van der Waals surface area contributed by atoms with E-state index in [0.29, 0.717) is 17.9 Å². The largest absolute Gasteiger partial charge is 0.489 e. The first kappa shape index (κ1) is 15.0. The van der Waals surface area contributed by atoms with Crippen LogP contribution in [0.5, 0.6) is 5.75 Å². The second kappa shape index (κ2) is 6.83. The van der Waals surface area contributed by atoms with Crippen LogP contribution in [0, 0.1) is 11.6 Å². The van der Waals surface area contributed by atoms with Crippen molar-refractivity contribution in [1.29, 1.82) is 0 Å². The summed E-state index contributed by atoms with van der Waals surface area (Å²) in [6.45, 7) is 1.54. The molecule has 0 heterocycles. The van der Waals surface area contributed by atoms with Crippen LogP contribution in [0.3, 0.4) is 0 Å². The molecular weight excluding hydrogens is 276 g/mol. The van der Waals surface area contributed by atoms with Gasteiger partial charge in [-0.2, -0.15) is 0 Å². The summed E-state index contributed by atoms with van der Waals surface area (Å²) >= 11 is 0. The van der Waals surface area contributed by atoms with Gasteiger partial charge in [-0.3, -0.25) is 0 Å². The van der Waals surface area contributed by atoms with E-state index in [1.165, 1.54) is 18.2 Å². The standard InChI is InChI=1S/C16H15F2NO2/c1-11(19-20)9-12-5-7-13(8-6-12)21-10-14-15(17)3-2-4-16(14)18/h2-8,20H,9-10H2,1H3/b19-11-. The van der Waals surface area contributed by atoms with Gasteiger partial charge in [0.05, 0.1) is 11.3 Å². The maximum Gasteiger partial charge on any atom is 0.132 e. The van der Waals surface area contributed by atoms with Crippen LogP contribution in [0.25, 0.3) is 0 Å². The Morgan fingerprint density at radius 1 is 1.10 bits per heavy atom. The molecular formula is C16H15F2NO2. The molecule has 0 amide bonds. The Labute approximate surface area is 121 Å². The molecule has 0 aliphatic carbocycles. The molecule has 0 atom stereocenters. The molecule has 2 aromatic rings. The summed E-state index contributed by atoms with van der Waals surface area (Å²) in [7, 11) is 0. The van der Waals surface area contributed by atoms with E-state index >= 15 is 0 Å². The Kier molecular flexibility index (Phi) is 4.87. The SMILES string of the molecule is C/C(Cc1ccc(OCc2c(F)cccc2F)cc1)=N/O. The minimum Gasteiger partial charge on any atom is -0.489 e. The first-order valence-corrected chi connectivity index (χ1v) is 6.42. The third-order valence-electron chi connectivity index (χ3n) is 3.00. The van der Waals surface area contributed by atoms with E-state index in [4.69, 9.17) is 9.94 Å². The second-order valence-electron chi connectivity index (χ2n) is 4.64. The highest BCUT2D eigenvalue weighted by atomic mass is 19.1. The molecule has 0 radical (unpaired) electrons.